The Labute approximate surface area is 207 Å². The van der Waals surface area contributed by atoms with Gasteiger partial charge in [0.2, 0.25) is 0 Å². The standard InChI is InChI=1S/C24H31N5O2.HI/c1-6-25-24(27-16-20-11-9-13-22(30-4)23(20)31-5)26-15-19-10-7-8-12-21(19)29-18(3)14-17(2)28-29;/h7-14H,6,15-16H2,1-5H3,(H2,25,26,27);1H. The normalized spacial score (nSPS) is 11.0. The molecule has 1 heterocycles. The number of nitrogens with one attached hydrogen (secondary N) is 2. The number of hydrogen-bond acceptors (Lipinski definition) is 4. The van der Waals surface area contributed by atoms with Crippen LogP contribution in [0.2, 0.25) is 0 Å². The van der Waals surface area contributed by atoms with Crippen molar-refractivity contribution in [3.8, 4) is 17.2 Å². The molecule has 0 spiro atoms. The molecule has 0 unspecified atom stereocenters. The van der Waals surface area contributed by atoms with E-state index in [0.717, 1.165) is 40.7 Å². The monoisotopic (exact) mass is 549 g/mol. The first-order chi connectivity index (χ1) is 15.1. The number of benzene rings is 2. The van der Waals surface area contributed by atoms with E-state index in [1.165, 1.54) is 0 Å². The summed E-state index contributed by atoms with van der Waals surface area (Å²) in [6.07, 6.45) is 0. The van der Waals surface area contributed by atoms with Crippen LogP contribution in [-0.4, -0.2) is 36.5 Å². The number of methoxy groups -OCH3 is 2. The molecule has 172 valence electrons. The summed E-state index contributed by atoms with van der Waals surface area (Å²) in [5.41, 5.74) is 5.27. The lowest BCUT2D eigenvalue weighted by Gasteiger charge is -2.15. The van der Waals surface area contributed by atoms with Crippen molar-refractivity contribution in [3.63, 3.8) is 0 Å². The molecule has 0 saturated carbocycles. The number of ether oxygens (including phenoxy) is 2. The number of halogens is 1. The Morgan fingerprint density at radius 1 is 1.00 bits per heavy atom. The van der Waals surface area contributed by atoms with Crippen LogP contribution in [-0.2, 0) is 13.1 Å². The number of aliphatic imine (C=N–C) groups is 1. The quantitative estimate of drug-likeness (QED) is 0.248. The fraction of sp³-hybridized carbons (Fsp3) is 0.333. The maximum absolute atomic E-state index is 5.52. The van der Waals surface area contributed by atoms with Gasteiger partial charge in [-0.2, -0.15) is 5.10 Å². The molecule has 0 aliphatic rings. The van der Waals surface area contributed by atoms with Gasteiger partial charge < -0.3 is 20.1 Å². The molecule has 0 aliphatic carbocycles. The van der Waals surface area contributed by atoms with E-state index in [-0.39, 0.29) is 24.0 Å². The molecule has 0 aliphatic heterocycles. The first kappa shape index (κ1) is 25.5. The fourth-order valence-corrected chi connectivity index (χ4v) is 3.50. The highest BCUT2D eigenvalue weighted by atomic mass is 127. The van der Waals surface area contributed by atoms with E-state index in [2.05, 4.69) is 40.9 Å². The third-order valence-corrected chi connectivity index (χ3v) is 4.91. The molecule has 0 atom stereocenters. The predicted octanol–water partition coefficient (Wildman–Crippen LogP) is 4.38. The molecule has 1 aromatic heterocycles. The number of aryl methyl sites for hydroxylation is 2. The van der Waals surface area contributed by atoms with Gasteiger partial charge in [0.1, 0.15) is 0 Å². The average molecular weight is 549 g/mol. The molecule has 2 aromatic carbocycles. The van der Waals surface area contributed by atoms with Gasteiger partial charge in [0, 0.05) is 24.3 Å². The van der Waals surface area contributed by atoms with Crippen LogP contribution in [0.4, 0.5) is 0 Å². The molecule has 0 radical (unpaired) electrons. The van der Waals surface area contributed by atoms with E-state index in [4.69, 9.17) is 14.5 Å². The van der Waals surface area contributed by atoms with Gasteiger partial charge in [0.05, 0.1) is 32.1 Å². The molecule has 0 saturated heterocycles. The number of para-hydroxylation sites is 2. The first-order valence-electron chi connectivity index (χ1n) is 10.4. The van der Waals surface area contributed by atoms with Gasteiger partial charge in [-0.25, -0.2) is 9.67 Å². The summed E-state index contributed by atoms with van der Waals surface area (Å²) in [6.45, 7) is 7.97. The van der Waals surface area contributed by atoms with E-state index in [1.807, 2.05) is 48.9 Å². The van der Waals surface area contributed by atoms with Crippen LogP contribution in [0.25, 0.3) is 5.69 Å². The maximum atomic E-state index is 5.52. The summed E-state index contributed by atoms with van der Waals surface area (Å²) in [4.78, 5) is 4.74. The van der Waals surface area contributed by atoms with Crippen molar-refractivity contribution < 1.29 is 9.47 Å². The lowest BCUT2D eigenvalue weighted by atomic mass is 10.1. The molecule has 32 heavy (non-hydrogen) atoms. The first-order valence-corrected chi connectivity index (χ1v) is 10.4. The van der Waals surface area contributed by atoms with Crippen LogP contribution < -0.4 is 20.1 Å². The van der Waals surface area contributed by atoms with E-state index in [9.17, 15) is 0 Å². The number of guanidine groups is 1. The summed E-state index contributed by atoms with van der Waals surface area (Å²) in [7, 11) is 3.28. The molecule has 0 amide bonds. The lowest BCUT2D eigenvalue weighted by molar-refractivity contribution is 0.352. The van der Waals surface area contributed by atoms with Gasteiger partial charge in [0.25, 0.3) is 0 Å². The third-order valence-electron chi connectivity index (χ3n) is 4.91. The van der Waals surface area contributed by atoms with E-state index < -0.39 is 0 Å². The maximum Gasteiger partial charge on any atom is 0.191 e. The van der Waals surface area contributed by atoms with Crippen molar-refractivity contribution in [1.29, 1.82) is 0 Å². The van der Waals surface area contributed by atoms with Crippen LogP contribution >= 0.6 is 24.0 Å². The molecule has 3 aromatic rings. The van der Waals surface area contributed by atoms with Crippen molar-refractivity contribution in [2.24, 2.45) is 4.99 Å². The Bertz CT molecular complexity index is 1050. The Kier molecular flexibility index (Phi) is 9.83. The zero-order chi connectivity index (χ0) is 22.2. The molecule has 3 rings (SSSR count). The Hall–Kier alpha value is -2.75. The summed E-state index contributed by atoms with van der Waals surface area (Å²) in [5.74, 6) is 2.14. The highest BCUT2D eigenvalue weighted by molar-refractivity contribution is 14.0. The number of aromatic nitrogens is 2. The zero-order valence-corrected chi connectivity index (χ0v) is 21.6. The second-order valence-corrected chi connectivity index (χ2v) is 7.17. The van der Waals surface area contributed by atoms with Crippen molar-refractivity contribution in [1.82, 2.24) is 20.4 Å². The highest BCUT2D eigenvalue weighted by Crippen LogP contribution is 2.31. The molecule has 7 nitrogen and oxygen atoms in total. The van der Waals surface area contributed by atoms with E-state index in [1.54, 1.807) is 14.2 Å². The summed E-state index contributed by atoms with van der Waals surface area (Å²) >= 11 is 0. The number of nitrogens with zero attached hydrogens (tertiary/aromatic N) is 3. The van der Waals surface area contributed by atoms with Gasteiger partial charge >= 0.3 is 0 Å². The van der Waals surface area contributed by atoms with Crippen molar-refractivity contribution in [2.75, 3.05) is 20.8 Å². The molecule has 2 N–H and O–H groups in total. The van der Waals surface area contributed by atoms with Crippen LogP contribution in [0.15, 0.2) is 53.5 Å². The van der Waals surface area contributed by atoms with Gasteiger partial charge in [-0.1, -0.05) is 30.3 Å². The van der Waals surface area contributed by atoms with Crippen molar-refractivity contribution >= 4 is 29.9 Å². The van der Waals surface area contributed by atoms with E-state index in [0.29, 0.717) is 24.6 Å². The van der Waals surface area contributed by atoms with Gasteiger partial charge in [-0.05, 0) is 44.5 Å². The van der Waals surface area contributed by atoms with E-state index >= 15 is 0 Å². The van der Waals surface area contributed by atoms with Crippen LogP contribution in [0, 0.1) is 13.8 Å². The van der Waals surface area contributed by atoms with Crippen molar-refractivity contribution in [3.05, 3.63) is 71.0 Å². The predicted molar refractivity (Wildman–Crippen MR) is 140 cm³/mol. The minimum absolute atomic E-state index is 0. The van der Waals surface area contributed by atoms with Crippen molar-refractivity contribution in [2.45, 2.75) is 33.9 Å². The molecule has 8 heteroatoms. The van der Waals surface area contributed by atoms with Gasteiger partial charge in [-0.3, -0.25) is 0 Å². The molecule has 0 bridgehead atoms. The minimum atomic E-state index is 0. The topological polar surface area (TPSA) is 72.7 Å². The number of hydrogen-bond donors (Lipinski definition) is 2. The molecule has 0 fully saturated rings. The smallest absolute Gasteiger partial charge is 0.191 e. The SMILES string of the molecule is CCNC(=NCc1cccc(OC)c1OC)NCc1ccccc1-n1nc(C)cc1C.I. The fourth-order valence-electron chi connectivity index (χ4n) is 3.50. The summed E-state index contributed by atoms with van der Waals surface area (Å²) < 4.78 is 12.9. The zero-order valence-electron chi connectivity index (χ0n) is 19.3. The van der Waals surface area contributed by atoms with Crippen LogP contribution in [0.5, 0.6) is 11.5 Å². The second-order valence-electron chi connectivity index (χ2n) is 7.17. The van der Waals surface area contributed by atoms with Gasteiger partial charge in [-0.15, -0.1) is 24.0 Å². The second kappa shape index (κ2) is 12.3. The largest absolute Gasteiger partial charge is 0.493 e. The molecular formula is C24H32IN5O2. The molecular weight excluding hydrogens is 517 g/mol. The Morgan fingerprint density at radius 2 is 1.75 bits per heavy atom. The lowest BCUT2D eigenvalue weighted by Crippen LogP contribution is -2.37. The summed E-state index contributed by atoms with van der Waals surface area (Å²) in [6, 6.07) is 16.2. The Morgan fingerprint density at radius 3 is 2.41 bits per heavy atom. The average Bonchev–Trinajstić information content (AvgIpc) is 3.13. The summed E-state index contributed by atoms with van der Waals surface area (Å²) in [5, 5.41) is 11.4. The number of rotatable bonds is 8. The van der Waals surface area contributed by atoms with Crippen LogP contribution in [0.3, 0.4) is 0 Å². The van der Waals surface area contributed by atoms with Gasteiger partial charge in [0.15, 0.2) is 17.5 Å². The third kappa shape index (κ3) is 6.15. The Balaban J connectivity index is 0.00000363. The highest BCUT2D eigenvalue weighted by Gasteiger charge is 2.11. The minimum Gasteiger partial charge on any atom is -0.493 e. The van der Waals surface area contributed by atoms with Crippen LogP contribution in [0.1, 0.15) is 29.4 Å².